The Hall–Kier alpha value is -3.20. The van der Waals surface area contributed by atoms with Crippen LogP contribution in [0.1, 0.15) is 5.56 Å². The first-order chi connectivity index (χ1) is 15.5. The molecule has 4 rings (SSSR count). The lowest BCUT2D eigenvalue weighted by Crippen LogP contribution is -2.26. The van der Waals surface area contributed by atoms with Gasteiger partial charge >= 0.3 is 0 Å². The van der Waals surface area contributed by atoms with Gasteiger partial charge in [-0.05, 0) is 35.9 Å². The quantitative estimate of drug-likeness (QED) is 0.245. The first kappa shape index (κ1) is 22.0. The third-order valence-electron chi connectivity index (χ3n) is 4.51. The number of rotatable bonds is 7. The van der Waals surface area contributed by atoms with Crippen LogP contribution >= 0.6 is 23.4 Å². The van der Waals surface area contributed by atoms with Crippen molar-refractivity contribution in [3.63, 3.8) is 0 Å². The summed E-state index contributed by atoms with van der Waals surface area (Å²) in [6.07, 6.45) is 0. The highest BCUT2D eigenvalue weighted by molar-refractivity contribution is 7.99. The van der Waals surface area contributed by atoms with Crippen LogP contribution in [0.5, 0.6) is 0 Å². The number of fused-ring (bicyclic) bond motifs is 1. The van der Waals surface area contributed by atoms with E-state index in [0.29, 0.717) is 16.6 Å². The van der Waals surface area contributed by atoms with Gasteiger partial charge in [0.1, 0.15) is 5.82 Å². The Balaban J connectivity index is 1.56. The Bertz CT molecular complexity index is 1330. The number of nitrogens with one attached hydrogen (secondary N) is 1. The molecule has 0 aliphatic carbocycles. The standard InChI is InChI=1S/C23H17ClFN3O3S/c24-18-12-16(10-11-19(18)25)28-22(30)17-8-4-5-9-20(17)26-23(28)32-14-21(29)27-31-13-15-6-2-1-3-7-15/h1-12H,13-14H2,(H,27,29). The number of carbonyl (C=O) groups excluding carboxylic acids is 1. The average molecular weight is 470 g/mol. The van der Waals surface area contributed by atoms with Crippen molar-refractivity contribution >= 4 is 40.2 Å². The molecule has 162 valence electrons. The number of hydrogen-bond donors (Lipinski definition) is 1. The molecule has 1 N–H and O–H groups in total. The van der Waals surface area contributed by atoms with Gasteiger partial charge in [0.2, 0.25) is 0 Å². The molecule has 0 bridgehead atoms. The fourth-order valence-corrected chi connectivity index (χ4v) is 3.97. The van der Waals surface area contributed by atoms with Crippen molar-refractivity contribution in [2.75, 3.05) is 5.75 Å². The molecule has 0 saturated carbocycles. The predicted octanol–water partition coefficient (Wildman–Crippen LogP) is 4.52. The number of thioether (sulfide) groups is 1. The maximum absolute atomic E-state index is 13.7. The highest BCUT2D eigenvalue weighted by Gasteiger charge is 2.16. The van der Waals surface area contributed by atoms with E-state index in [2.05, 4.69) is 10.5 Å². The Kier molecular flexibility index (Phi) is 6.84. The first-order valence-corrected chi connectivity index (χ1v) is 10.9. The molecule has 3 aromatic carbocycles. The number of nitrogens with zero attached hydrogens (tertiary/aromatic N) is 2. The van der Waals surface area contributed by atoms with E-state index in [4.69, 9.17) is 16.4 Å². The summed E-state index contributed by atoms with van der Waals surface area (Å²) in [4.78, 5) is 35.2. The SMILES string of the molecule is O=C(CSc1nc2ccccc2c(=O)n1-c1ccc(F)c(Cl)c1)NOCc1ccccc1. The average Bonchev–Trinajstić information content (AvgIpc) is 2.80. The Morgan fingerprint density at radius 2 is 1.84 bits per heavy atom. The third-order valence-corrected chi connectivity index (χ3v) is 5.73. The Morgan fingerprint density at radius 1 is 1.09 bits per heavy atom. The number of hydroxylamine groups is 1. The van der Waals surface area contributed by atoms with Crippen molar-refractivity contribution in [1.82, 2.24) is 15.0 Å². The van der Waals surface area contributed by atoms with Crippen LogP contribution in [0.3, 0.4) is 0 Å². The number of aromatic nitrogens is 2. The summed E-state index contributed by atoms with van der Waals surface area (Å²) in [5.74, 6) is -1.03. The van der Waals surface area contributed by atoms with E-state index in [0.717, 1.165) is 17.3 Å². The second-order valence-electron chi connectivity index (χ2n) is 6.74. The van der Waals surface area contributed by atoms with E-state index in [1.54, 1.807) is 24.3 Å². The molecule has 0 atom stereocenters. The van der Waals surface area contributed by atoms with Crippen molar-refractivity contribution < 1.29 is 14.0 Å². The van der Waals surface area contributed by atoms with E-state index in [1.807, 2.05) is 30.3 Å². The number of hydrogen-bond acceptors (Lipinski definition) is 5. The van der Waals surface area contributed by atoms with Crippen molar-refractivity contribution in [2.24, 2.45) is 0 Å². The van der Waals surface area contributed by atoms with Gasteiger partial charge in [0, 0.05) is 0 Å². The molecule has 0 unspecified atom stereocenters. The lowest BCUT2D eigenvalue weighted by atomic mass is 10.2. The van der Waals surface area contributed by atoms with Crippen LogP contribution in [-0.4, -0.2) is 21.2 Å². The largest absolute Gasteiger partial charge is 0.272 e. The molecule has 1 heterocycles. The summed E-state index contributed by atoms with van der Waals surface area (Å²) in [7, 11) is 0. The first-order valence-electron chi connectivity index (χ1n) is 9.57. The van der Waals surface area contributed by atoms with Crippen LogP contribution in [-0.2, 0) is 16.2 Å². The number of para-hydroxylation sites is 1. The smallest absolute Gasteiger partial charge is 0.266 e. The van der Waals surface area contributed by atoms with Gasteiger partial charge in [0.15, 0.2) is 5.16 Å². The van der Waals surface area contributed by atoms with E-state index < -0.39 is 11.7 Å². The van der Waals surface area contributed by atoms with Gasteiger partial charge in [0.25, 0.3) is 11.5 Å². The second-order valence-corrected chi connectivity index (χ2v) is 8.09. The monoisotopic (exact) mass is 469 g/mol. The zero-order valence-electron chi connectivity index (χ0n) is 16.6. The molecule has 9 heteroatoms. The molecule has 0 aliphatic rings. The van der Waals surface area contributed by atoms with Gasteiger partial charge in [-0.25, -0.2) is 14.9 Å². The molecular weight excluding hydrogens is 453 g/mol. The maximum atomic E-state index is 13.7. The molecule has 1 aromatic heterocycles. The van der Waals surface area contributed by atoms with Crippen molar-refractivity contribution in [2.45, 2.75) is 11.8 Å². The zero-order valence-corrected chi connectivity index (χ0v) is 18.2. The van der Waals surface area contributed by atoms with Gasteiger partial charge < -0.3 is 0 Å². The van der Waals surface area contributed by atoms with E-state index >= 15 is 0 Å². The summed E-state index contributed by atoms with van der Waals surface area (Å²) in [5, 5.41) is 0.549. The van der Waals surface area contributed by atoms with Crippen LogP contribution in [0.25, 0.3) is 16.6 Å². The molecule has 6 nitrogen and oxygen atoms in total. The number of carbonyl (C=O) groups is 1. The summed E-state index contributed by atoms with van der Waals surface area (Å²) in [6, 6.07) is 20.3. The fraction of sp³-hybridized carbons (Fsp3) is 0.0870. The van der Waals surface area contributed by atoms with Gasteiger partial charge in [0.05, 0.1) is 34.0 Å². The topological polar surface area (TPSA) is 73.2 Å². The fourth-order valence-electron chi connectivity index (χ4n) is 2.99. The highest BCUT2D eigenvalue weighted by Crippen LogP contribution is 2.24. The van der Waals surface area contributed by atoms with Crippen molar-refractivity contribution in [3.8, 4) is 5.69 Å². The summed E-state index contributed by atoms with van der Waals surface area (Å²) in [5.41, 5.74) is 3.79. The number of amides is 1. The lowest BCUT2D eigenvalue weighted by molar-refractivity contribution is -0.131. The van der Waals surface area contributed by atoms with Gasteiger partial charge in [-0.1, -0.05) is 65.8 Å². The van der Waals surface area contributed by atoms with Crippen LogP contribution in [0.15, 0.2) is 82.7 Å². The molecule has 0 saturated heterocycles. The van der Waals surface area contributed by atoms with E-state index in [-0.39, 0.29) is 28.1 Å². The minimum Gasteiger partial charge on any atom is -0.272 e. The molecule has 0 spiro atoms. The molecule has 32 heavy (non-hydrogen) atoms. The summed E-state index contributed by atoms with van der Waals surface area (Å²) < 4.78 is 15.0. The zero-order chi connectivity index (χ0) is 22.5. The predicted molar refractivity (Wildman–Crippen MR) is 122 cm³/mol. The second kappa shape index (κ2) is 9.95. The summed E-state index contributed by atoms with van der Waals surface area (Å²) >= 11 is 6.98. The van der Waals surface area contributed by atoms with Gasteiger partial charge in [-0.2, -0.15) is 0 Å². The van der Waals surface area contributed by atoms with Crippen molar-refractivity contribution in [1.29, 1.82) is 0 Å². The van der Waals surface area contributed by atoms with Gasteiger partial charge in [-0.3, -0.25) is 19.0 Å². The Labute approximate surface area is 192 Å². The molecule has 0 fully saturated rings. The molecular formula is C23H17ClFN3O3S. The minimum atomic E-state index is -0.596. The molecule has 0 radical (unpaired) electrons. The van der Waals surface area contributed by atoms with E-state index in [1.165, 1.54) is 22.8 Å². The lowest BCUT2D eigenvalue weighted by Gasteiger charge is -2.13. The third kappa shape index (κ3) is 4.99. The van der Waals surface area contributed by atoms with Crippen LogP contribution in [0.4, 0.5) is 4.39 Å². The van der Waals surface area contributed by atoms with Crippen molar-refractivity contribution in [3.05, 3.63) is 99.6 Å². The highest BCUT2D eigenvalue weighted by atomic mass is 35.5. The van der Waals surface area contributed by atoms with Gasteiger partial charge in [-0.15, -0.1) is 0 Å². The minimum absolute atomic E-state index is 0.0471. The summed E-state index contributed by atoms with van der Waals surface area (Å²) in [6.45, 7) is 0.226. The number of benzene rings is 3. The maximum Gasteiger partial charge on any atom is 0.266 e. The molecule has 4 aromatic rings. The van der Waals surface area contributed by atoms with Crippen LogP contribution in [0, 0.1) is 5.82 Å². The molecule has 0 aliphatic heterocycles. The normalized spacial score (nSPS) is 10.9. The van der Waals surface area contributed by atoms with Crippen LogP contribution in [0.2, 0.25) is 5.02 Å². The van der Waals surface area contributed by atoms with Crippen LogP contribution < -0.4 is 11.0 Å². The van der Waals surface area contributed by atoms with E-state index in [9.17, 15) is 14.0 Å². The number of halogens is 2. The molecule has 1 amide bonds. The Morgan fingerprint density at radius 3 is 2.62 bits per heavy atom.